The Labute approximate surface area is 153 Å². The molecule has 0 aliphatic rings. The molecule has 0 spiro atoms. The smallest absolute Gasteiger partial charge is 0.293 e. The van der Waals surface area contributed by atoms with E-state index in [9.17, 15) is 18.4 Å². The van der Waals surface area contributed by atoms with E-state index in [0.717, 1.165) is 17.6 Å². The van der Waals surface area contributed by atoms with Crippen LogP contribution in [0.5, 0.6) is 5.75 Å². The normalized spacial score (nSPS) is 10.1. The summed E-state index contributed by atoms with van der Waals surface area (Å²) in [6.45, 7) is -0.211. The van der Waals surface area contributed by atoms with Crippen LogP contribution in [-0.2, 0) is 4.79 Å². The van der Waals surface area contributed by atoms with E-state index >= 15 is 0 Å². The third-order valence-electron chi connectivity index (χ3n) is 3.70. The zero-order valence-corrected chi connectivity index (χ0v) is 14.0. The molecule has 2 aromatic carbocycles. The summed E-state index contributed by atoms with van der Waals surface area (Å²) in [6, 6.07) is 10.1. The molecule has 0 atom stereocenters. The molecule has 7 heteroatoms. The molecule has 0 saturated carbocycles. The minimum Gasteiger partial charge on any atom is -0.478 e. The molecule has 1 aromatic heterocycles. The highest BCUT2D eigenvalue weighted by Gasteiger charge is 2.18. The van der Waals surface area contributed by atoms with Gasteiger partial charge >= 0.3 is 0 Å². The molecule has 0 unspecified atom stereocenters. The predicted octanol–water partition coefficient (Wildman–Crippen LogP) is 2.83. The van der Waals surface area contributed by atoms with Gasteiger partial charge in [-0.15, -0.1) is 0 Å². The minimum atomic E-state index is -0.825. The Morgan fingerprint density at radius 3 is 2.74 bits per heavy atom. The van der Waals surface area contributed by atoms with Crippen LogP contribution in [0.4, 0.5) is 8.78 Å². The summed E-state index contributed by atoms with van der Waals surface area (Å²) in [5, 5.41) is 3.06. The van der Waals surface area contributed by atoms with E-state index in [1.807, 2.05) is 6.07 Å². The van der Waals surface area contributed by atoms with Crippen LogP contribution in [0, 0.1) is 23.5 Å². The molecule has 0 saturated heterocycles. The first-order valence-corrected chi connectivity index (χ1v) is 7.98. The van der Waals surface area contributed by atoms with Crippen LogP contribution >= 0.6 is 0 Å². The summed E-state index contributed by atoms with van der Waals surface area (Å²) >= 11 is 0. The molecule has 0 aliphatic carbocycles. The Balaban J connectivity index is 1.50. The number of ether oxygens (including phenoxy) is 1. The largest absolute Gasteiger partial charge is 0.478 e. The molecule has 27 heavy (non-hydrogen) atoms. The first kappa shape index (κ1) is 18.1. The number of rotatable bonds is 5. The maximum atomic E-state index is 13.4. The molecule has 0 bridgehead atoms. The molecular weight excluding hydrogens is 354 g/mol. The Hall–Kier alpha value is -3.66. The average molecular weight is 368 g/mol. The number of carbonyl (C=O) groups is 2. The Kier molecular flexibility index (Phi) is 5.47. The van der Waals surface area contributed by atoms with Crippen molar-refractivity contribution in [1.29, 1.82) is 0 Å². The van der Waals surface area contributed by atoms with Crippen molar-refractivity contribution in [2.24, 2.45) is 0 Å². The quantitative estimate of drug-likeness (QED) is 0.413. The van der Waals surface area contributed by atoms with E-state index < -0.39 is 23.3 Å². The van der Waals surface area contributed by atoms with Gasteiger partial charge in [0.1, 0.15) is 12.4 Å². The Morgan fingerprint density at radius 2 is 1.93 bits per heavy atom. The van der Waals surface area contributed by atoms with Crippen LogP contribution in [0.2, 0.25) is 0 Å². The van der Waals surface area contributed by atoms with Crippen molar-refractivity contribution in [2.45, 2.75) is 0 Å². The van der Waals surface area contributed by atoms with E-state index in [0.29, 0.717) is 11.5 Å². The molecule has 0 radical (unpaired) electrons. The molecule has 3 rings (SSSR count). The molecule has 3 aromatic rings. The zero-order valence-electron chi connectivity index (χ0n) is 14.0. The molecular formula is C20H14F2N2O3. The van der Waals surface area contributed by atoms with E-state index in [1.165, 1.54) is 6.20 Å². The number of halogens is 2. The number of H-pyrrole nitrogens is 1. The van der Waals surface area contributed by atoms with Crippen LogP contribution in [0.25, 0.3) is 10.9 Å². The van der Waals surface area contributed by atoms with Gasteiger partial charge in [-0.25, -0.2) is 8.78 Å². The van der Waals surface area contributed by atoms with Crippen molar-refractivity contribution >= 4 is 22.6 Å². The molecule has 5 nitrogen and oxygen atoms in total. The highest BCUT2D eigenvalue weighted by atomic mass is 19.1. The van der Waals surface area contributed by atoms with Crippen LogP contribution in [0.3, 0.4) is 0 Å². The number of aromatic nitrogens is 1. The van der Waals surface area contributed by atoms with Crippen LogP contribution < -0.4 is 10.1 Å². The number of fused-ring (bicyclic) bond motifs is 1. The van der Waals surface area contributed by atoms with E-state index in [2.05, 4.69) is 22.1 Å². The number of ketones is 1. The first-order chi connectivity index (χ1) is 13.1. The number of para-hydroxylation sites is 1. The maximum absolute atomic E-state index is 13.4. The van der Waals surface area contributed by atoms with E-state index in [1.54, 1.807) is 18.2 Å². The first-order valence-electron chi connectivity index (χ1n) is 7.98. The van der Waals surface area contributed by atoms with Crippen LogP contribution in [0.1, 0.15) is 10.4 Å². The number of hydrogen-bond donors (Lipinski definition) is 2. The molecule has 1 heterocycles. The molecule has 2 N–H and O–H groups in total. The highest BCUT2D eigenvalue weighted by molar-refractivity contribution is 6.45. The fourth-order valence-electron chi connectivity index (χ4n) is 2.41. The van der Waals surface area contributed by atoms with E-state index in [-0.39, 0.29) is 24.5 Å². The van der Waals surface area contributed by atoms with Crippen molar-refractivity contribution < 1.29 is 23.1 Å². The molecule has 1 amide bonds. The fourth-order valence-corrected chi connectivity index (χ4v) is 2.41. The summed E-state index contributed by atoms with van der Waals surface area (Å²) in [5.74, 6) is 2.07. The number of benzene rings is 2. The maximum Gasteiger partial charge on any atom is 0.293 e. The number of amides is 1. The summed E-state index contributed by atoms with van der Waals surface area (Å²) in [4.78, 5) is 27.1. The third-order valence-corrected chi connectivity index (χ3v) is 3.70. The molecule has 0 aliphatic heterocycles. The van der Waals surface area contributed by atoms with Gasteiger partial charge in [0.25, 0.3) is 11.7 Å². The summed E-state index contributed by atoms with van der Waals surface area (Å²) in [6.07, 6.45) is 1.49. The Morgan fingerprint density at radius 1 is 1.11 bits per heavy atom. The molecule has 0 fully saturated rings. The number of nitrogens with one attached hydrogen (secondary N) is 2. The Bertz CT molecular complexity index is 1060. The second-order valence-corrected chi connectivity index (χ2v) is 5.48. The van der Waals surface area contributed by atoms with Gasteiger partial charge in [-0.3, -0.25) is 9.59 Å². The van der Waals surface area contributed by atoms with Crippen molar-refractivity contribution in [3.63, 3.8) is 0 Å². The van der Waals surface area contributed by atoms with Gasteiger partial charge < -0.3 is 15.0 Å². The lowest BCUT2D eigenvalue weighted by Gasteiger charge is -2.03. The third kappa shape index (κ3) is 4.30. The summed E-state index contributed by atoms with van der Waals surface area (Å²) < 4.78 is 31.2. The number of Topliss-reactive ketones (excluding diaryl/α,β-unsaturated/α-hetero) is 1. The van der Waals surface area contributed by atoms with Gasteiger partial charge in [-0.05, 0) is 18.2 Å². The topological polar surface area (TPSA) is 71.2 Å². The fraction of sp³-hybridized carbons (Fsp3) is 0.100. The van der Waals surface area contributed by atoms with Gasteiger partial charge in [0.15, 0.2) is 11.6 Å². The monoisotopic (exact) mass is 368 g/mol. The number of hydrogen-bond acceptors (Lipinski definition) is 3. The standard InChI is InChI=1S/C20H14F2N2O3/c21-13-7-8-18(16(22)11-13)27-10-4-3-9-23-20(26)19(25)15-12-24-17-6-2-1-5-14(15)17/h1-2,5-8,11-12,24H,9-10H2,(H,23,26). The van der Waals surface area contributed by atoms with Crippen molar-refractivity contribution in [3.05, 3.63) is 65.9 Å². The van der Waals surface area contributed by atoms with Crippen molar-refractivity contribution in [3.8, 4) is 17.6 Å². The van der Waals surface area contributed by atoms with Gasteiger partial charge in [-0.2, -0.15) is 0 Å². The minimum absolute atomic E-state index is 0.0673. The number of aromatic amines is 1. The second kappa shape index (κ2) is 8.15. The van der Waals surface area contributed by atoms with Gasteiger partial charge in [0.05, 0.1) is 12.1 Å². The summed E-state index contributed by atoms with van der Waals surface area (Å²) in [7, 11) is 0. The lowest BCUT2D eigenvalue weighted by Crippen LogP contribution is -2.31. The number of carbonyl (C=O) groups excluding carboxylic acids is 2. The van der Waals surface area contributed by atoms with Gasteiger partial charge in [-0.1, -0.05) is 30.0 Å². The molecule has 136 valence electrons. The van der Waals surface area contributed by atoms with Gasteiger partial charge in [0, 0.05) is 23.2 Å². The predicted molar refractivity (Wildman–Crippen MR) is 95.3 cm³/mol. The average Bonchev–Trinajstić information content (AvgIpc) is 3.09. The summed E-state index contributed by atoms with van der Waals surface area (Å²) in [5.41, 5.74) is 1.05. The highest BCUT2D eigenvalue weighted by Crippen LogP contribution is 2.18. The SMILES string of the molecule is O=C(NCC#CCOc1ccc(F)cc1F)C(=O)c1c[nH]c2ccccc12. The lowest BCUT2D eigenvalue weighted by atomic mass is 10.1. The van der Waals surface area contributed by atoms with Crippen LogP contribution in [0.15, 0.2) is 48.7 Å². The van der Waals surface area contributed by atoms with Crippen molar-refractivity contribution in [2.75, 3.05) is 13.2 Å². The van der Waals surface area contributed by atoms with Crippen LogP contribution in [-0.4, -0.2) is 29.8 Å². The second-order valence-electron chi connectivity index (χ2n) is 5.48. The lowest BCUT2D eigenvalue weighted by molar-refractivity contribution is -0.116. The van der Waals surface area contributed by atoms with Crippen molar-refractivity contribution in [1.82, 2.24) is 10.3 Å². The zero-order chi connectivity index (χ0) is 19.2. The van der Waals surface area contributed by atoms with Gasteiger partial charge in [0.2, 0.25) is 0 Å². The van der Waals surface area contributed by atoms with E-state index in [4.69, 9.17) is 4.74 Å².